The Hall–Kier alpha value is -1.16. The summed E-state index contributed by atoms with van der Waals surface area (Å²) in [6.45, 7) is 1.68. The Morgan fingerprint density at radius 1 is 1.45 bits per heavy atom. The highest BCUT2D eigenvalue weighted by Crippen LogP contribution is 2.14. The van der Waals surface area contributed by atoms with E-state index in [1.807, 2.05) is 11.9 Å². The zero-order chi connectivity index (χ0) is 7.68. The molecule has 0 fully saturated rings. The Kier molecular flexibility index (Phi) is 1.47. The molecule has 0 aromatic carbocycles. The van der Waals surface area contributed by atoms with Crippen molar-refractivity contribution in [3.8, 4) is 0 Å². The molecular weight excluding hydrogens is 140 g/mol. The van der Waals surface area contributed by atoms with Crippen LogP contribution in [0.15, 0.2) is 12.4 Å². The molecule has 1 aromatic heterocycles. The number of rotatable bonds is 0. The van der Waals surface area contributed by atoms with Crippen molar-refractivity contribution in [2.24, 2.45) is 0 Å². The number of hydrogen-bond donors (Lipinski definition) is 1. The molecule has 0 aliphatic carbocycles. The van der Waals surface area contributed by atoms with Crippen molar-refractivity contribution in [3.05, 3.63) is 18.1 Å². The zero-order valence-electron chi connectivity index (χ0n) is 6.41. The molecule has 0 spiro atoms. The van der Waals surface area contributed by atoms with Crippen LogP contribution >= 0.6 is 0 Å². The molecule has 0 saturated carbocycles. The van der Waals surface area contributed by atoms with Crippen LogP contribution in [-0.2, 0) is 6.54 Å². The van der Waals surface area contributed by atoms with Gasteiger partial charge in [0.1, 0.15) is 0 Å². The van der Waals surface area contributed by atoms with Gasteiger partial charge in [-0.1, -0.05) is 0 Å². The summed E-state index contributed by atoms with van der Waals surface area (Å²) in [5.41, 5.74) is 1.03. The molecule has 2 rings (SSSR count). The Labute approximate surface area is 65.3 Å². The highest BCUT2D eigenvalue weighted by Gasteiger charge is 2.13. The average molecular weight is 150 g/mol. The monoisotopic (exact) mass is 150 g/mol. The second kappa shape index (κ2) is 2.47. The van der Waals surface area contributed by atoms with Crippen LogP contribution in [-0.4, -0.2) is 23.7 Å². The Balaban J connectivity index is 2.44. The quantitative estimate of drug-likeness (QED) is 0.564. The van der Waals surface area contributed by atoms with Crippen LogP contribution in [0, 0.1) is 0 Å². The molecule has 1 aromatic rings. The maximum absolute atomic E-state index is 4.22. The number of anilines is 1. The van der Waals surface area contributed by atoms with E-state index in [1.165, 1.54) is 0 Å². The van der Waals surface area contributed by atoms with Crippen molar-refractivity contribution in [3.63, 3.8) is 0 Å². The Morgan fingerprint density at radius 3 is 3.09 bits per heavy atom. The van der Waals surface area contributed by atoms with Gasteiger partial charge in [0.2, 0.25) is 0 Å². The van der Waals surface area contributed by atoms with Gasteiger partial charge in [0, 0.05) is 26.0 Å². The first-order valence-corrected chi connectivity index (χ1v) is 3.59. The van der Waals surface area contributed by atoms with Crippen molar-refractivity contribution in [1.82, 2.24) is 15.3 Å². The third-order valence-electron chi connectivity index (χ3n) is 1.75. The second-order valence-electron chi connectivity index (χ2n) is 2.61. The van der Waals surface area contributed by atoms with E-state index in [2.05, 4.69) is 15.3 Å². The van der Waals surface area contributed by atoms with Gasteiger partial charge in [-0.25, -0.2) is 4.98 Å². The third-order valence-corrected chi connectivity index (χ3v) is 1.75. The van der Waals surface area contributed by atoms with Crippen LogP contribution < -0.4 is 10.2 Å². The SMILES string of the molecule is CN1CNCc2nccnc21. The molecule has 0 atom stereocenters. The van der Waals surface area contributed by atoms with Crippen LogP contribution in [0.2, 0.25) is 0 Å². The predicted octanol–water partition coefficient (Wildman–Crippen LogP) is -0.0265. The minimum Gasteiger partial charge on any atom is -0.345 e. The molecular formula is C7H10N4. The summed E-state index contributed by atoms with van der Waals surface area (Å²) >= 11 is 0. The van der Waals surface area contributed by atoms with Gasteiger partial charge in [-0.05, 0) is 0 Å². The van der Waals surface area contributed by atoms with Crippen molar-refractivity contribution in [2.45, 2.75) is 6.54 Å². The molecule has 0 unspecified atom stereocenters. The molecule has 1 N–H and O–H groups in total. The number of nitrogens with one attached hydrogen (secondary N) is 1. The smallest absolute Gasteiger partial charge is 0.152 e. The van der Waals surface area contributed by atoms with Crippen LogP contribution in [0.3, 0.4) is 0 Å². The van der Waals surface area contributed by atoms with Gasteiger partial charge in [-0.3, -0.25) is 10.3 Å². The molecule has 58 valence electrons. The molecule has 0 saturated heterocycles. The number of hydrogen-bond acceptors (Lipinski definition) is 4. The molecule has 11 heavy (non-hydrogen) atoms. The maximum atomic E-state index is 4.22. The van der Waals surface area contributed by atoms with Gasteiger partial charge < -0.3 is 4.90 Å². The van der Waals surface area contributed by atoms with E-state index in [0.717, 1.165) is 24.7 Å². The Bertz CT molecular complexity index is 260. The van der Waals surface area contributed by atoms with Crippen LogP contribution in [0.4, 0.5) is 5.82 Å². The number of aromatic nitrogens is 2. The maximum Gasteiger partial charge on any atom is 0.152 e. The average Bonchev–Trinajstić information content (AvgIpc) is 2.06. The Morgan fingerprint density at radius 2 is 2.27 bits per heavy atom. The molecule has 0 radical (unpaired) electrons. The minimum atomic E-state index is 0.827. The molecule has 0 amide bonds. The fourth-order valence-electron chi connectivity index (χ4n) is 1.22. The van der Waals surface area contributed by atoms with Crippen molar-refractivity contribution in [2.75, 3.05) is 18.6 Å². The fraction of sp³-hybridized carbons (Fsp3) is 0.429. The van der Waals surface area contributed by atoms with Gasteiger partial charge in [0.05, 0.1) is 12.4 Å². The number of fused-ring (bicyclic) bond motifs is 1. The van der Waals surface area contributed by atoms with Gasteiger partial charge >= 0.3 is 0 Å². The molecule has 4 heteroatoms. The predicted molar refractivity (Wildman–Crippen MR) is 42.1 cm³/mol. The molecule has 2 heterocycles. The first kappa shape index (κ1) is 6.54. The van der Waals surface area contributed by atoms with Crippen LogP contribution in [0.5, 0.6) is 0 Å². The summed E-state index contributed by atoms with van der Waals surface area (Å²) in [7, 11) is 2.00. The van der Waals surface area contributed by atoms with Crippen molar-refractivity contribution >= 4 is 5.82 Å². The lowest BCUT2D eigenvalue weighted by molar-refractivity contribution is 0.622. The molecule has 1 aliphatic rings. The highest BCUT2D eigenvalue weighted by atomic mass is 15.3. The van der Waals surface area contributed by atoms with E-state index in [1.54, 1.807) is 12.4 Å². The minimum absolute atomic E-state index is 0.827. The zero-order valence-corrected chi connectivity index (χ0v) is 6.41. The van der Waals surface area contributed by atoms with E-state index in [-0.39, 0.29) is 0 Å². The van der Waals surface area contributed by atoms with E-state index >= 15 is 0 Å². The van der Waals surface area contributed by atoms with Crippen LogP contribution in [0.1, 0.15) is 5.69 Å². The summed E-state index contributed by atoms with van der Waals surface area (Å²) in [5, 5.41) is 3.21. The van der Waals surface area contributed by atoms with Gasteiger partial charge in [-0.2, -0.15) is 0 Å². The van der Waals surface area contributed by atoms with Crippen molar-refractivity contribution < 1.29 is 0 Å². The van der Waals surface area contributed by atoms with Crippen molar-refractivity contribution in [1.29, 1.82) is 0 Å². The van der Waals surface area contributed by atoms with E-state index in [9.17, 15) is 0 Å². The second-order valence-corrected chi connectivity index (χ2v) is 2.61. The molecule has 1 aliphatic heterocycles. The van der Waals surface area contributed by atoms with Gasteiger partial charge in [-0.15, -0.1) is 0 Å². The summed E-state index contributed by atoms with van der Waals surface area (Å²) in [6, 6.07) is 0. The summed E-state index contributed by atoms with van der Waals surface area (Å²) in [4.78, 5) is 10.5. The fourth-order valence-corrected chi connectivity index (χ4v) is 1.22. The third kappa shape index (κ3) is 1.05. The van der Waals surface area contributed by atoms with E-state index < -0.39 is 0 Å². The lowest BCUT2D eigenvalue weighted by atomic mass is 10.3. The molecule has 4 nitrogen and oxygen atoms in total. The van der Waals surface area contributed by atoms with E-state index in [0.29, 0.717) is 0 Å². The lowest BCUT2D eigenvalue weighted by Gasteiger charge is -2.25. The topological polar surface area (TPSA) is 41.0 Å². The highest BCUT2D eigenvalue weighted by molar-refractivity contribution is 5.43. The van der Waals surface area contributed by atoms with Crippen LogP contribution in [0.25, 0.3) is 0 Å². The normalized spacial score (nSPS) is 16.3. The lowest BCUT2D eigenvalue weighted by Crippen LogP contribution is -2.37. The molecule has 0 bridgehead atoms. The first-order chi connectivity index (χ1) is 5.38. The van der Waals surface area contributed by atoms with Gasteiger partial charge in [0.15, 0.2) is 5.82 Å². The summed E-state index contributed by atoms with van der Waals surface area (Å²) in [6.07, 6.45) is 3.44. The van der Waals surface area contributed by atoms with E-state index in [4.69, 9.17) is 0 Å². The largest absolute Gasteiger partial charge is 0.345 e. The van der Waals surface area contributed by atoms with Gasteiger partial charge in [0.25, 0.3) is 0 Å². The standard InChI is InChI=1S/C7H10N4/c1-11-5-8-4-6-7(11)10-3-2-9-6/h2-3,8H,4-5H2,1H3. The number of nitrogens with zero attached hydrogens (tertiary/aromatic N) is 3. The first-order valence-electron chi connectivity index (χ1n) is 3.59. The summed E-state index contributed by atoms with van der Waals surface area (Å²) in [5.74, 6) is 0.992. The summed E-state index contributed by atoms with van der Waals surface area (Å²) < 4.78 is 0.